The lowest BCUT2D eigenvalue weighted by Gasteiger charge is -2.11. The summed E-state index contributed by atoms with van der Waals surface area (Å²) in [7, 11) is 0. The van der Waals surface area contributed by atoms with E-state index in [4.69, 9.17) is 10.2 Å². The second-order valence-electron chi connectivity index (χ2n) is 4.58. The van der Waals surface area contributed by atoms with Gasteiger partial charge >= 0.3 is 0 Å². The predicted octanol–water partition coefficient (Wildman–Crippen LogP) is 1.77. The molecule has 0 bridgehead atoms. The fourth-order valence-electron chi connectivity index (χ4n) is 1.74. The van der Waals surface area contributed by atoms with E-state index in [0.29, 0.717) is 12.3 Å². The standard InChI is InChI=1S/C12H18N4O/c1-9(2)7-16-12(14-8-15-16)6-10(13)11-4-3-5-17-11/h3-5,8-10H,6-7,13H2,1-2H3. The smallest absolute Gasteiger partial charge is 0.138 e. The second-order valence-corrected chi connectivity index (χ2v) is 4.58. The highest BCUT2D eigenvalue weighted by molar-refractivity contribution is 5.06. The molecule has 5 nitrogen and oxygen atoms in total. The summed E-state index contributed by atoms with van der Waals surface area (Å²) in [4.78, 5) is 4.25. The van der Waals surface area contributed by atoms with E-state index in [2.05, 4.69) is 23.9 Å². The minimum Gasteiger partial charge on any atom is -0.468 e. The van der Waals surface area contributed by atoms with Crippen molar-refractivity contribution in [2.45, 2.75) is 32.9 Å². The van der Waals surface area contributed by atoms with Crippen LogP contribution in [0.15, 0.2) is 29.1 Å². The maximum Gasteiger partial charge on any atom is 0.138 e. The van der Waals surface area contributed by atoms with Crippen LogP contribution >= 0.6 is 0 Å². The molecule has 5 heteroatoms. The van der Waals surface area contributed by atoms with Crippen LogP contribution in [-0.2, 0) is 13.0 Å². The first kappa shape index (κ1) is 11.9. The Morgan fingerprint density at radius 3 is 2.94 bits per heavy atom. The quantitative estimate of drug-likeness (QED) is 0.856. The Kier molecular flexibility index (Phi) is 3.58. The van der Waals surface area contributed by atoms with Crippen molar-refractivity contribution in [3.63, 3.8) is 0 Å². The zero-order valence-electron chi connectivity index (χ0n) is 10.2. The van der Waals surface area contributed by atoms with Gasteiger partial charge < -0.3 is 10.2 Å². The van der Waals surface area contributed by atoms with Gasteiger partial charge in [-0.1, -0.05) is 13.8 Å². The third kappa shape index (κ3) is 2.94. The van der Waals surface area contributed by atoms with Crippen molar-refractivity contribution in [3.05, 3.63) is 36.3 Å². The van der Waals surface area contributed by atoms with E-state index in [1.54, 1.807) is 12.6 Å². The summed E-state index contributed by atoms with van der Waals surface area (Å²) in [5.74, 6) is 2.22. The number of rotatable bonds is 5. The van der Waals surface area contributed by atoms with E-state index in [1.807, 2.05) is 16.8 Å². The van der Waals surface area contributed by atoms with Crippen molar-refractivity contribution in [3.8, 4) is 0 Å². The number of aromatic nitrogens is 3. The van der Waals surface area contributed by atoms with Gasteiger partial charge in [-0.15, -0.1) is 0 Å². The number of furan rings is 1. The van der Waals surface area contributed by atoms with E-state index in [1.165, 1.54) is 0 Å². The van der Waals surface area contributed by atoms with Crippen molar-refractivity contribution in [1.82, 2.24) is 14.8 Å². The average Bonchev–Trinajstić information content (AvgIpc) is 2.89. The van der Waals surface area contributed by atoms with Crippen LogP contribution < -0.4 is 5.73 Å². The molecular weight excluding hydrogens is 216 g/mol. The van der Waals surface area contributed by atoms with Crippen molar-refractivity contribution in [2.75, 3.05) is 0 Å². The molecule has 0 aliphatic heterocycles. The highest BCUT2D eigenvalue weighted by Crippen LogP contribution is 2.15. The molecule has 1 atom stereocenters. The fraction of sp³-hybridized carbons (Fsp3) is 0.500. The van der Waals surface area contributed by atoms with Gasteiger partial charge in [-0.2, -0.15) is 5.10 Å². The lowest BCUT2D eigenvalue weighted by molar-refractivity contribution is 0.433. The van der Waals surface area contributed by atoms with Gasteiger partial charge in [0.15, 0.2) is 0 Å². The molecule has 2 aromatic heterocycles. The normalized spacial score (nSPS) is 13.2. The predicted molar refractivity (Wildman–Crippen MR) is 64.2 cm³/mol. The summed E-state index contributed by atoms with van der Waals surface area (Å²) in [5, 5.41) is 4.21. The van der Waals surface area contributed by atoms with Gasteiger partial charge in [-0.25, -0.2) is 9.67 Å². The van der Waals surface area contributed by atoms with Crippen LogP contribution in [0.25, 0.3) is 0 Å². The molecule has 0 saturated carbocycles. The lowest BCUT2D eigenvalue weighted by Crippen LogP contribution is -2.18. The first-order chi connectivity index (χ1) is 8.16. The van der Waals surface area contributed by atoms with Gasteiger partial charge in [0.2, 0.25) is 0 Å². The number of nitrogens with two attached hydrogens (primary N) is 1. The molecule has 0 radical (unpaired) electrons. The molecule has 2 rings (SSSR count). The maximum absolute atomic E-state index is 6.06. The third-order valence-corrected chi connectivity index (χ3v) is 2.54. The largest absolute Gasteiger partial charge is 0.468 e. The van der Waals surface area contributed by atoms with E-state index in [-0.39, 0.29) is 6.04 Å². The topological polar surface area (TPSA) is 69.9 Å². The highest BCUT2D eigenvalue weighted by atomic mass is 16.3. The molecular formula is C12H18N4O. The molecule has 0 fully saturated rings. The van der Waals surface area contributed by atoms with Crippen LogP contribution in [0.2, 0.25) is 0 Å². The van der Waals surface area contributed by atoms with E-state index >= 15 is 0 Å². The van der Waals surface area contributed by atoms with Gasteiger partial charge in [0.1, 0.15) is 17.9 Å². The summed E-state index contributed by atoms with van der Waals surface area (Å²) in [6.45, 7) is 5.16. The molecule has 92 valence electrons. The van der Waals surface area contributed by atoms with E-state index in [0.717, 1.165) is 18.1 Å². The van der Waals surface area contributed by atoms with Gasteiger partial charge in [0.05, 0.1) is 12.3 Å². The highest BCUT2D eigenvalue weighted by Gasteiger charge is 2.14. The number of hydrogen-bond acceptors (Lipinski definition) is 4. The van der Waals surface area contributed by atoms with Crippen LogP contribution in [0, 0.1) is 5.92 Å². The van der Waals surface area contributed by atoms with Crippen molar-refractivity contribution in [1.29, 1.82) is 0 Å². The molecule has 0 spiro atoms. The molecule has 0 aliphatic carbocycles. The SMILES string of the molecule is CC(C)Cn1ncnc1CC(N)c1ccco1. The Hall–Kier alpha value is -1.62. The fourth-order valence-corrected chi connectivity index (χ4v) is 1.74. The summed E-state index contributed by atoms with van der Waals surface area (Å²) >= 11 is 0. The van der Waals surface area contributed by atoms with Crippen molar-refractivity contribution < 1.29 is 4.42 Å². The van der Waals surface area contributed by atoms with Crippen molar-refractivity contribution in [2.24, 2.45) is 11.7 Å². The lowest BCUT2D eigenvalue weighted by atomic mass is 10.1. The minimum absolute atomic E-state index is 0.167. The van der Waals surface area contributed by atoms with Crippen LogP contribution in [0.4, 0.5) is 0 Å². The summed E-state index contributed by atoms with van der Waals surface area (Å²) in [6.07, 6.45) is 3.85. The van der Waals surface area contributed by atoms with E-state index < -0.39 is 0 Å². The van der Waals surface area contributed by atoms with Crippen LogP contribution in [0.3, 0.4) is 0 Å². The van der Waals surface area contributed by atoms with Crippen LogP contribution in [-0.4, -0.2) is 14.8 Å². The molecule has 0 amide bonds. The molecule has 0 aliphatic rings. The summed E-state index contributed by atoms with van der Waals surface area (Å²) in [5.41, 5.74) is 6.06. The monoisotopic (exact) mass is 234 g/mol. The average molecular weight is 234 g/mol. The minimum atomic E-state index is -0.167. The van der Waals surface area contributed by atoms with Gasteiger partial charge in [0, 0.05) is 13.0 Å². The molecule has 1 unspecified atom stereocenters. The first-order valence-corrected chi connectivity index (χ1v) is 5.82. The van der Waals surface area contributed by atoms with Gasteiger partial charge in [0.25, 0.3) is 0 Å². The molecule has 17 heavy (non-hydrogen) atoms. The zero-order chi connectivity index (χ0) is 12.3. The Morgan fingerprint density at radius 2 is 2.29 bits per heavy atom. The zero-order valence-corrected chi connectivity index (χ0v) is 10.2. The Morgan fingerprint density at radius 1 is 1.47 bits per heavy atom. The molecule has 0 aromatic carbocycles. The summed E-state index contributed by atoms with van der Waals surface area (Å²) < 4.78 is 7.19. The number of nitrogens with zero attached hydrogens (tertiary/aromatic N) is 3. The Bertz CT molecular complexity index is 447. The van der Waals surface area contributed by atoms with Crippen LogP contribution in [0.5, 0.6) is 0 Å². The summed E-state index contributed by atoms with van der Waals surface area (Å²) in [6, 6.07) is 3.56. The molecule has 0 saturated heterocycles. The van der Waals surface area contributed by atoms with Gasteiger partial charge in [-0.3, -0.25) is 0 Å². The maximum atomic E-state index is 6.06. The van der Waals surface area contributed by atoms with E-state index in [9.17, 15) is 0 Å². The number of hydrogen-bond donors (Lipinski definition) is 1. The molecule has 2 aromatic rings. The molecule has 2 heterocycles. The first-order valence-electron chi connectivity index (χ1n) is 5.82. The van der Waals surface area contributed by atoms with Gasteiger partial charge in [-0.05, 0) is 18.1 Å². The molecule has 2 N–H and O–H groups in total. The Balaban J connectivity index is 2.06. The van der Waals surface area contributed by atoms with Crippen LogP contribution in [0.1, 0.15) is 31.5 Å². The third-order valence-electron chi connectivity index (χ3n) is 2.54. The van der Waals surface area contributed by atoms with Crippen molar-refractivity contribution >= 4 is 0 Å². The Labute approximate surface area is 101 Å². The second kappa shape index (κ2) is 5.14.